The fraction of sp³-hybridized carbons (Fsp3) is 0.0250. The first-order valence-electron chi connectivity index (χ1n) is 14.9. The minimum Gasteiger partial charge on any atom is -0.208 e. The van der Waals surface area contributed by atoms with Crippen molar-refractivity contribution in [1.82, 2.24) is 15.0 Å². The van der Waals surface area contributed by atoms with E-state index < -0.39 is 0 Å². The van der Waals surface area contributed by atoms with Crippen molar-refractivity contribution in [2.45, 2.75) is 13.9 Å². The van der Waals surface area contributed by atoms with E-state index in [0.717, 1.165) is 22.3 Å². The first kappa shape index (κ1) is 27.6. The summed E-state index contributed by atoms with van der Waals surface area (Å²) in [5.41, 5.74) is 7.83. The van der Waals surface area contributed by atoms with Crippen molar-refractivity contribution in [1.29, 1.82) is 0 Å². The van der Waals surface area contributed by atoms with Crippen LogP contribution in [0.1, 0.15) is 11.1 Å². The SMILES string of the molecule is c1ccc(-c2nc(-c3ccccc3)nc(-c3ccc(-c4ccc5c(c4)SC(c4ccccc4)(c4ccccc4)S5)cc3)n2)cc1. The molecule has 7 aromatic rings. The van der Waals surface area contributed by atoms with Gasteiger partial charge in [0.15, 0.2) is 17.5 Å². The van der Waals surface area contributed by atoms with E-state index in [-0.39, 0.29) is 4.08 Å². The van der Waals surface area contributed by atoms with Crippen LogP contribution >= 0.6 is 23.5 Å². The Kier molecular flexibility index (Phi) is 7.26. The highest BCUT2D eigenvalue weighted by molar-refractivity contribution is 8.20. The molecule has 0 unspecified atom stereocenters. The molecule has 0 spiro atoms. The Balaban J connectivity index is 1.13. The Labute approximate surface area is 271 Å². The van der Waals surface area contributed by atoms with Gasteiger partial charge < -0.3 is 0 Å². The molecule has 45 heavy (non-hydrogen) atoms. The average molecular weight is 614 g/mol. The Morgan fingerprint density at radius 2 is 0.711 bits per heavy atom. The molecular formula is C40H27N3S2. The van der Waals surface area contributed by atoms with Gasteiger partial charge in [0, 0.05) is 26.5 Å². The zero-order valence-corrected chi connectivity index (χ0v) is 25.9. The summed E-state index contributed by atoms with van der Waals surface area (Å²) in [5, 5.41) is 0. The van der Waals surface area contributed by atoms with E-state index in [4.69, 9.17) is 15.0 Å². The van der Waals surface area contributed by atoms with Crippen LogP contribution < -0.4 is 0 Å². The lowest BCUT2D eigenvalue weighted by atomic mass is 10.0. The van der Waals surface area contributed by atoms with Crippen LogP contribution in [0.2, 0.25) is 0 Å². The van der Waals surface area contributed by atoms with E-state index in [9.17, 15) is 0 Å². The molecule has 0 saturated carbocycles. The zero-order chi connectivity index (χ0) is 30.1. The third kappa shape index (κ3) is 5.35. The summed E-state index contributed by atoms with van der Waals surface area (Å²) in [6.07, 6.45) is 0. The molecule has 3 nitrogen and oxygen atoms in total. The maximum Gasteiger partial charge on any atom is 0.164 e. The molecule has 0 fully saturated rings. The molecule has 0 bridgehead atoms. The third-order valence-corrected chi connectivity index (χ3v) is 11.2. The summed E-state index contributed by atoms with van der Waals surface area (Å²) < 4.78 is -0.223. The molecule has 8 rings (SSSR count). The standard InChI is InChI=1S/C40H27N3S2/c1-5-13-29(14-6-1)37-41-38(30-15-7-2-8-16-30)43-39(42-37)31-23-21-28(22-24-31)32-25-26-35-36(27-32)45-40(44-35,33-17-9-3-10-18-33)34-19-11-4-12-20-34/h1-27H. The largest absolute Gasteiger partial charge is 0.208 e. The quantitative estimate of drug-likeness (QED) is 0.187. The average Bonchev–Trinajstić information content (AvgIpc) is 3.53. The van der Waals surface area contributed by atoms with Crippen molar-refractivity contribution in [2.24, 2.45) is 0 Å². The smallest absolute Gasteiger partial charge is 0.164 e. The van der Waals surface area contributed by atoms with Crippen LogP contribution in [0.5, 0.6) is 0 Å². The molecule has 5 heteroatoms. The normalized spacial score (nSPS) is 13.3. The number of thioether (sulfide) groups is 2. The monoisotopic (exact) mass is 613 g/mol. The van der Waals surface area contributed by atoms with Crippen molar-refractivity contribution in [2.75, 3.05) is 0 Å². The minimum absolute atomic E-state index is 0.223. The number of hydrogen-bond donors (Lipinski definition) is 0. The van der Waals surface area contributed by atoms with Crippen LogP contribution in [0, 0.1) is 0 Å². The minimum atomic E-state index is -0.223. The molecule has 0 radical (unpaired) electrons. The molecule has 2 heterocycles. The predicted molar refractivity (Wildman–Crippen MR) is 187 cm³/mol. The second-order valence-corrected chi connectivity index (χ2v) is 13.6. The van der Waals surface area contributed by atoms with Gasteiger partial charge in [0.2, 0.25) is 0 Å². The first-order chi connectivity index (χ1) is 22.2. The lowest BCUT2D eigenvalue weighted by Crippen LogP contribution is -2.16. The number of rotatable bonds is 6. The van der Waals surface area contributed by atoms with Crippen LogP contribution in [-0.4, -0.2) is 15.0 Å². The van der Waals surface area contributed by atoms with Gasteiger partial charge in [0.25, 0.3) is 0 Å². The lowest BCUT2D eigenvalue weighted by molar-refractivity contribution is 1.07. The fourth-order valence-corrected chi connectivity index (χ4v) is 8.89. The molecule has 1 aromatic heterocycles. The molecule has 1 aliphatic heterocycles. The molecule has 0 aliphatic carbocycles. The number of benzene rings is 6. The highest BCUT2D eigenvalue weighted by Gasteiger charge is 2.42. The highest BCUT2D eigenvalue weighted by Crippen LogP contribution is 2.64. The van der Waals surface area contributed by atoms with Gasteiger partial charge in [-0.2, -0.15) is 0 Å². The Bertz CT molecular complexity index is 1990. The summed E-state index contributed by atoms with van der Waals surface area (Å²) in [6, 6.07) is 57.2. The van der Waals surface area contributed by atoms with Gasteiger partial charge in [-0.15, -0.1) is 0 Å². The second kappa shape index (κ2) is 11.8. The van der Waals surface area contributed by atoms with Crippen LogP contribution in [0.4, 0.5) is 0 Å². The molecular weight excluding hydrogens is 587 g/mol. The third-order valence-electron chi connectivity index (χ3n) is 7.93. The lowest BCUT2D eigenvalue weighted by Gasteiger charge is -2.28. The highest BCUT2D eigenvalue weighted by atomic mass is 32.2. The molecule has 6 aromatic carbocycles. The van der Waals surface area contributed by atoms with E-state index >= 15 is 0 Å². The molecule has 0 atom stereocenters. The number of hydrogen-bond acceptors (Lipinski definition) is 5. The van der Waals surface area contributed by atoms with Crippen molar-refractivity contribution in [3.05, 3.63) is 175 Å². The molecule has 0 amide bonds. The van der Waals surface area contributed by atoms with E-state index in [0.29, 0.717) is 17.5 Å². The molecule has 0 N–H and O–H groups in total. The van der Waals surface area contributed by atoms with Gasteiger partial charge in [0.1, 0.15) is 4.08 Å². The summed E-state index contributed by atoms with van der Waals surface area (Å²) in [6.45, 7) is 0. The topological polar surface area (TPSA) is 38.7 Å². The summed E-state index contributed by atoms with van der Waals surface area (Å²) in [7, 11) is 0. The molecule has 1 aliphatic rings. The zero-order valence-electron chi connectivity index (χ0n) is 24.2. The van der Waals surface area contributed by atoms with Crippen LogP contribution in [0.3, 0.4) is 0 Å². The summed E-state index contributed by atoms with van der Waals surface area (Å²) in [4.78, 5) is 17.2. The van der Waals surface area contributed by atoms with E-state index in [1.165, 1.54) is 26.5 Å². The molecule has 0 saturated heterocycles. The fourth-order valence-electron chi connectivity index (χ4n) is 5.65. The van der Waals surface area contributed by atoms with Crippen LogP contribution in [0.25, 0.3) is 45.3 Å². The Morgan fingerprint density at radius 1 is 0.333 bits per heavy atom. The first-order valence-corrected chi connectivity index (χ1v) is 16.5. The van der Waals surface area contributed by atoms with Crippen molar-refractivity contribution in [3.8, 4) is 45.3 Å². The van der Waals surface area contributed by atoms with Crippen molar-refractivity contribution < 1.29 is 0 Å². The van der Waals surface area contributed by atoms with Gasteiger partial charge >= 0.3 is 0 Å². The number of nitrogens with zero attached hydrogens (tertiary/aromatic N) is 3. The van der Waals surface area contributed by atoms with Crippen LogP contribution in [-0.2, 0) is 4.08 Å². The van der Waals surface area contributed by atoms with Gasteiger partial charge in [-0.05, 0) is 34.4 Å². The predicted octanol–water partition coefficient (Wildman–Crippen LogP) is 10.6. The molecule has 214 valence electrons. The van der Waals surface area contributed by atoms with E-state index in [1.807, 2.05) is 84.2 Å². The maximum absolute atomic E-state index is 4.89. The second-order valence-electron chi connectivity index (χ2n) is 10.8. The van der Waals surface area contributed by atoms with Crippen molar-refractivity contribution >= 4 is 23.5 Å². The van der Waals surface area contributed by atoms with E-state index in [1.54, 1.807) is 0 Å². The Morgan fingerprint density at radius 3 is 1.20 bits per heavy atom. The Hall–Kier alpha value is -4.97. The number of fused-ring (bicyclic) bond motifs is 1. The van der Waals surface area contributed by atoms with Crippen LogP contribution in [0.15, 0.2) is 174 Å². The summed E-state index contributed by atoms with van der Waals surface area (Å²) in [5.74, 6) is 1.99. The van der Waals surface area contributed by atoms with Crippen molar-refractivity contribution in [3.63, 3.8) is 0 Å². The maximum atomic E-state index is 4.89. The van der Waals surface area contributed by atoms with E-state index in [2.05, 4.69) is 103 Å². The van der Waals surface area contributed by atoms with Gasteiger partial charge in [-0.25, -0.2) is 15.0 Å². The number of aromatic nitrogens is 3. The van der Waals surface area contributed by atoms with Gasteiger partial charge in [-0.1, -0.05) is 175 Å². The summed E-state index contributed by atoms with van der Waals surface area (Å²) >= 11 is 3.87. The van der Waals surface area contributed by atoms with Gasteiger partial charge in [-0.3, -0.25) is 0 Å². The van der Waals surface area contributed by atoms with Gasteiger partial charge in [0.05, 0.1) is 0 Å².